The van der Waals surface area contributed by atoms with Gasteiger partial charge in [0.25, 0.3) is 0 Å². The van der Waals surface area contributed by atoms with E-state index >= 15 is 0 Å². The van der Waals surface area contributed by atoms with E-state index in [9.17, 15) is 22.0 Å². The molecule has 3 nitrogen and oxygen atoms in total. The molecule has 0 aliphatic heterocycles. The van der Waals surface area contributed by atoms with Gasteiger partial charge in [0.1, 0.15) is 17.3 Å². The Balaban J connectivity index is 1.99. The molecule has 1 heterocycles. The van der Waals surface area contributed by atoms with Gasteiger partial charge in [-0.05, 0) is 24.3 Å². The third-order valence-corrected chi connectivity index (χ3v) is 2.85. The number of nitrogens with one attached hydrogen (secondary N) is 1. The number of nitrogens with zero attached hydrogens (tertiary/aromatic N) is 2. The van der Waals surface area contributed by atoms with Gasteiger partial charge in [-0.25, -0.2) is 8.78 Å². The Labute approximate surface area is 117 Å². The van der Waals surface area contributed by atoms with Crippen molar-refractivity contribution in [1.82, 2.24) is 15.1 Å². The molecule has 1 aromatic heterocycles. The second-order valence-electron chi connectivity index (χ2n) is 4.48. The maximum atomic E-state index is 13.3. The van der Waals surface area contributed by atoms with Crippen LogP contribution in [0.4, 0.5) is 22.0 Å². The lowest BCUT2D eigenvalue weighted by atomic mass is 10.2. The van der Waals surface area contributed by atoms with Gasteiger partial charge in [0.05, 0.1) is 5.69 Å². The summed E-state index contributed by atoms with van der Waals surface area (Å²) in [6, 6.07) is 3.93. The molecule has 2 rings (SSSR count). The maximum absolute atomic E-state index is 13.3. The van der Waals surface area contributed by atoms with Crippen LogP contribution in [-0.4, -0.2) is 9.78 Å². The molecule has 0 spiro atoms. The summed E-state index contributed by atoms with van der Waals surface area (Å²) in [4.78, 5) is 0. The molecule has 0 saturated carbocycles. The van der Waals surface area contributed by atoms with E-state index in [4.69, 9.17) is 0 Å². The van der Waals surface area contributed by atoms with Gasteiger partial charge >= 0.3 is 6.18 Å². The number of rotatable bonds is 4. The fraction of sp³-hybridized carbons (Fsp3) is 0.308. The summed E-state index contributed by atoms with van der Waals surface area (Å²) in [5.41, 5.74) is -0.597. The first-order valence-corrected chi connectivity index (χ1v) is 6.02. The molecule has 0 aliphatic carbocycles. The molecule has 8 heteroatoms. The average molecular weight is 305 g/mol. The minimum atomic E-state index is -4.48. The predicted molar refractivity (Wildman–Crippen MR) is 65.1 cm³/mol. The molecule has 0 atom stereocenters. The highest BCUT2D eigenvalue weighted by Gasteiger charge is 2.34. The van der Waals surface area contributed by atoms with Gasteiger partial charge in [-0.15, -0.1) is 0 Å². The third kappa shape index (κ3) is 3.78. The number of hydrogen-bond acceptors (Lipinski definition) is 2. The number of benzene rings is 1. The van der Waals surface area contributed by atoms with E-state index in [1.807, 2.05) is 0 Å². The molecule has 0 unspecified atom stereocenters. The summed E-state index contributed by atoms with van der Waals surface area (Å²) < 4.78 is 64.8. The summed E-state index contributed by atoms with van der Waals surface area (Å²) in [6.45, 7) is 0.00138. The lowest BCUT2D eigenvalue weighted by Crippen LogP contribution is -2.14. The predicted octanol–water partition coefficient (Wildman–Crippen LogP) is 3.01. The fourth-order valence-corrected chi connectivity index (χ4v) is 1.88. The minimum Gasteiger partial charge on any atom is -0.307 e. The topological polar surface area (TPSA) is 29.9 Å². The van der Waals surface area contributed by atoms with Gasteiger partial charge in [-0.2, -0.15) is 18.3 Å². The Hall–Kier alpha value is -1.96. The molecule has 1 N–H and O–H groups in total. The molecule has 0 amide bonds. The molecule has 114 valence electrons. The van der Waals surface area contributed by atoms with E-state index in [2.05, 4.69) is 10.4 Å². The van der Waals surface area contributed by atoms with E-state index in [-0.39, 0.29) is 24.3 Å². The van der Waals surface area contributed by atoms with Gasteiger partial charge < -0.3 is 5.32 Å². The fourth-order valence-electron chi connectivity index (χ4n) is 1.88. The van der Waals surface area contributed by atoms with Gasteiger partial charge in [0.2, 0.25) is 0 Å². The average Bonchev–Trinajstić information content (AvgIpc) is 2.75. The summed E-state index contributed by atoms with van der Waals surface area (Å²) in [5.74, 6) is -1.16. The zero-order valence-corrected chi connectivity index (χ0v) is 11.0. The van der Waals surface area contributed by atoms with Gasteiger partial charge in [-0.1, -0.05) is 0 Å². The Bertz CT molecular complexity index is 633. The Kier molecular flexibility index (Phi) is 4.26. The molecule has 21 heavy (non-hydrogen) atoms. The number of aryl methyl sites for hydroxylation is 1. The number of aromatic nitrogens is 2. The molecule has 0 saturated heterocycles. The van der Waals surface area contributed by atoms with Gasteiger partial charge in [0.15, 0.2) is 0 Å². The molecule has 0 aliphatic rings. The van der Waals surface area contributed by atoms with Crippen molar-refractivity contribution in [1.29, 1.82) is 0 Å². The standard InChI is InChI=1S/C13H12F5N3/c1-21-12(13(16,17)18)5-10(20-21)7-19-6-8-4-9(14)2-3-11(8)15/h2-5,19H,6-7H2,1H3. The van der Waals surface area contributed by atoms with Crippen LogP contribution in [0, 0.1) is 11.6 Å². The van der Waals surface area contributed by atoms with E-state index in [0.29, 0.717) is 0 Å². The highest BCUT2D eigenvalue weighted by molar-refractivity contribution is 5.19. The number of alkyl halides is 3. The first kappa shape index (κ1) is 15.4. The molecular formula is C13H12F5N3. The zero-order valence-electron chi connectivity index (χ0n) is 11.0. The van der Waals surface area contributed by atoms with Crippen molar-refractivity contribution in [2.45, 2.75) is 19.3 Å². The molecular weight excluding hydrogens is 293 g/mol. The van der Waals surface area contributed by atoms with Crippen molar-refractivity contribution in [3.05, 3.63) is 52.9 Å². The number of hydrogen-bond donors (Lipinski definition) is 1. The summed E-state index contributed by atoms with van der Waals surface area (Å²) in [7, 11) is 1.19. The molecule has 1 aromatic carbocycles. The van der Waals surface area contributed by atoms with E-state index in [1.165, 1.54) is 7.05 Å². The molecule has 0 radical (unpaired) electrons. The van der Waals surface area contributed by atoms with Crippen LogP contribution < -0.4 is 5.32 Å². The van der Waals surface area contributed by atoms with Crippen LogP contribution in [0.3, 0.4) is 0 Å². The Morgan fingerprint density at radius 2 is 1.86 bits per heavy atom. The minimum absolute atomic E-state index is 0.0124. The lowest BCUT2D eigenvalue weighted by molar-refractivity contribution is -0.143. The normalized spacial score (nSPS) is 11.9. The molecule has 0 fully saturated rings. The van der Waals surface area contributed by atoms with E-state index in [1.54, 1.807) is 0 Å². The van der Waals surface area contributed by atoms with Crippen LogP contribution in [0.5, 0.6) is 0 Å². The van der Waals surface area contributed by atoms with Crippen LogP contribution in [-0.2, 0) is 26.3 Å². The van der Waals surface area contributed by atoms with Crippen molar-refractivity contribution >= 4 is 0 Å². The van der Waals surface area contributed by atoms with Crippen molar-refractivity contribution < 1.29 is 22.0 Å². The second-order valence-corrected chi connectivity index (χ2v) is 4.48. The summed E-state index contributed by atoms with van der Waals surface area (Å²) in [6.07, 6.45) is -4.48. The molecule has 0 bridgehead atoms. The SMILES string of the molecule is Cn1nc(CNCc2cc(F)ccc2F)cc1C(F)(F)F. The van der Waals surface area contributed by atoms with Crippen LogP contribution in [0.15, 0.2) is 24.3 Å². The monoisotopic (exact) mass is 305 g/mol. The zero-order chi connectivity index (χ0) is 15.6. The number of halogens is 5. The quantitative estimate of drug-likeness (QED) is 0.880. The van der Waals surface area contributed by atoms with E-state index < -0.39 is 23.5 Å². The largest absolute Gasteiger partial charge is 0.433 e. The smallest absolute Gasteiger partial charge is 0.307 e. The Morgan fingerprint density at radius 3 is 2.48 bits per heavy atom. The molecule has 2 aromatic rings. The highest BCUT2D eigenvalue weighted by atomic mass is 19.4. The van der Waals surface area contributed by atoms with Gasteiger partial charge in [-0.3, -0.25) is 4.68 Å². The Morgan fingerprint density at radius 1 is 1.14 bits per heavy atom. The highest BCUT2D eigenvalue weighted by Crippen LogP contribution is 2.29. The lowest BCUT2D eigenvalue weighted by Gasteiger charge is -2.04. The van der Waals surface area contributed by atoms with Crippen molar-refractivity contribution in [2.24, 2.45) is 7.05 Å². The summed E-state index contributed by atoms with van der Waals surface area (Å²) in [5, 5.41) is 6.44. The first-order valence-electron chi connectivity index (χ1n) is 6.02. The second kappa shape index (κ2) is 5.80. The van der Waals surface area contributed by atoms with Crippen molar-refractivity contribution in [2.75, 3.05) is 0 Å². The van der Waals surface area contributed by atoms with Gasteiger partial charge in [0, 0.05) is 25.7 Å². The van der Waals surface area contributed by atoms with Crippen molar-refractivity contribution in [3.63, 3.8) is 0 Å². The van der Waals surface area contributed by atoms with E-state index in [0.717, 1.165) is 28.9 Å². The summed E-state index contributed by atoms with van der Waals surface area (Å²) >= 11 is 0. The first-order chi connectivity index (χ1) is 9.77. The van der Waals surface area contributed by atoms with Crippen LogP contribution in [0.25, 0.3) is 0 Å². The van der Waals surface area contributed by atoms with Crippen LogP contribution in [0.1, 0.15) is 17.0 Å². The third-order valence-electron chi connectivity index (χ3n) is 2.85. The van der Waals surface area contributed by atoms with Crippen LogP contribution in [0.2, 0.25) is 0 Å². The van der Waals surface area contributed by atoms with Crippen molar-refractivity contribution in [3.8, 4) is 0 Å². The maximum Gasteiger partial charge on any atom is 0.433 e. The van der Waals surface area contributed by atoms with Crippen LogP contribution >= 0.6 is 0 Å².